The van der Waals surface area contributed by atoms with Gasteiger partial charge in [-0.2, -0.15) is 0 Å². The summed E-state index contributed by atoms with van der Waals surface area (Å²) >= 11 is 0. The number of aliphatic hydroxyl groups is 1. The molecule has 30 heavy (non-hydrogen) atoms. The molecule has 2 aromatic carbocycles. The monoisotopic (exact) mass is 410 g/mol. The molecule has 0 radical (unpaired) electrons. The van der Waals surface area contributed by atoms with Crippen LogP contribution in [0.1, 0.15) is 34.0 Å². The predicted molar refractivity (Wildman–Crippen MR) is 119 cm³/mol. The lowest BCUT2D eigenvalue weighted by atomic mass is 9.90. The highest BCUT2D eigenvalue weighted by atomic mass is 16.5. The molecule has 0 saturated carbocycles. The Morgan fingerprint density at radius 1 is 1.00 bits per heavy atom. The number of carbonyl (C=O) groups excluding carboxylic acids is 1. The highest BCUT2D eigenvalue weighted by Crippen LogP contribution is 2.36. The number of hydrogen-bond donors (Lipinski definition) is 1. The van der Waals surface area contributed by atoms with E-state index in [0.29, 0.717) is 48.7 Å². The summed E-state index contributed by atoms with van der Waals surface area (Å²) in [5, 5.41) is 9.00. The number of aliphatic hydroxyl groups excluding tert-OH is 1. The van der Waals surface area contributed by atoms with E-state index < -0.39 is 0 Å². The summed E-state index contributed by atoms with van der Waals surface area (Å²) < 4.78 is 17.3. The number of benzene rings is 2. The molecule has 0 amide bonds. The Labute approximate surface area is 178 Å². The maximum Gasteiger partial charge on any atom is 0.197 e. The zero-order chi connectivity index (χ0) is 21.8. The van der Waals surface area contributed by atoms with E-state index in [1.165, 1.54) is 0 Å². The summed E-state index contributed by atoms with van der Waals surface area (Å²) in [5.41, 5.74) is 2.87. The fourth-order valence-corrected chi connectivity index (χ4v) is 3.25. The summed E-state index contributed by atoms with van der Waals surface area (Å²) in [5.74, 6) is 1.01. The van der Waals surface area contributed by atoms with Gasteiger partial charge in [-0.15, -0.1) is 0 Å². The first-order chi connectivity index (χ1) is 14.7. The summed E-state index contributed by atoms with van der Waals surface area (Å²) in [6.07, 6.45) is 4.49. The first kappa shape index (κ1) is 23.4. The van der Waals surface area contributed by atoms with Gasteiger partial charge in [-0.1, -0.05) is 62.6 Å². The Morgan fingerprint density at radius 2 is 1.67 bits per heavy atom. The minimum Gasteiger partial charge on any atom is -0.489 e. The quantitative estimate of drug-likeness (QED) is 0.288. The Kier molecular flexibility index (Phi) is 9.84. The van der Waals surface area contributed by atoms with Gasteiger partial charge in [-0.3, -0.25) is 4.79 Å². The van der Waals surface area contributed by atoms with Gasteiger partial charge >= 0.3 is 0 Å². The minimum absolute atomic E-state index is 0.0490. The third kappa shape index (κ3) is 6.05. The fraction of sp³-hybridized carbons (Fsp3) is 0.320. The highest BCUT2D eigenvalue weighted by molar-refractivity contribution is 6.12. The van der Waals surface area contributed by atoms with Crippen molar-refractivity contribution in [3.05, 3.63) is 84.0 Å². The van der Waals surface area contributed by atoms with Crippen LogP contribution in [0.15, 0.2) is 61.7 Å². The molecule has 0 saturated heterocycles. The second-order valence-electron chi connectivity index (χ2n) is 6.54. The van der Waals surface area contributed by atoms with Crippen LogP contribution < -0.4 is 9.47 Å². The van der Waals surface area contributed by atoms with Crippen LogP contribution in [0.2, 0.25) is 0 Å². The van der Waals surface area contributed by atoms with Crippen molar-refractivity contribution in [2.75, 3.05) is 33.0 Å². The molecule has 5 nitrogen and oxygen atoms in total. The molecule has 0 unspecified atom stereocenters. The number of ketones is 1. The van der Waals surface area contributed by atoms with Crippen LogP contribution in [0, 0.1) is 0 Å². The summed E-state index contributed by atoms with van der Waals surface area (Å²) in [6.45, 7) is 10.6. The molecule has 160 valence electrons. The van der Waals surface area contributed by atoms with Crippen LogP contribution in [0.4, 0.5) is 0 Å². The van der Waals surface area contributed by atoms with Crippen molar-refractivity contribution < 1.29 is 24.1 Å². The lowest BCUT2D eigenvalue weighted by molar-refractivity contribution is 0.0937. The molecule has 0 aliphatic rings. The van der Waals surface area contributed by atoms with E-state index in [0.717, 1.165) is 11.1 Å². The van der Waals surface area contributed by atoms with Crippen molar-refractivity contribution in [1.29, 1.82) is 0 Å². The number of rotatable bonds is 14. The first-order valence-corrected chi connectivity index (χ1v) is 10.1. The van der Waals surface area contributed by atoms with Crippen LogP contribution in [0.3, 0.4) is 0 Å². The van der Waals surface area contributed by atoms with Crippen molar-refractivity contribution in [2.24, 2.45) is 0 Å². The Hall–Kier alpha value is -2.89. The standard InChI is InChI=1S/C25H30O5/c1-4-14-29-22-18-23(30-15-5-2)24(25(27)19-10-8-7-9-11-19)21(20(22)6-3)12-16-28-17-13-26/h4-5,7-11,18,26H,1-2,6,12-17H2,3H3. The van der Waals surface area contributed by atoms with Crippen LogP contribution in [-0.4, -0.2) is 43.9 Å². The molecule has 0 aliphatic carbocycles. The van der Waals surface area contributed by atoms with E-state index in [-0.39, 0.29) is 25.6 Å². The third-order valence-electron chi connectivity index (χ3n) is 4.53. The van der Waals surface area contributed by atoms with E-state index in [1.54, 1.807) is 30.4 Å². The van der Waals surface area contributed by atoms with Gasteiger partial charge in [0.05, 0.1) is 25.4 Å². The van der Waals surface area contributed by atoms with E-state index in [4.69, 9.17) is 19.3 Å². The lowest BCUT2D eigenvalue weighted by Gasteiger charge is -2.21. The van der Waals surface area contributed by atoms with Gasteiger partial charge in [-0.05, 0) is 24.0 Å². The maximum atomic E-state index is 13.5. The average Bonchev–Trinajstić information content (AvgIpc) is 2.78. The molecule has 0 heterocycles. The molecule has 0 atom stereocenters. The van der Waals surface area contributed by atoms with E-state index in [2.05, 4.69) is 13.2 Å². The van der Waals surface area contributed by atoms with Crippen molar-refractivity contribution in [2.45, 2.75) is 19.8 Å². The second kappa shape index (κ2) is 12.6. The fourth-order valence-electron chi connectivity index (χ4n) is 3.25. The van der Waals surface area contributed by atoms with Crippen molar-refractivity contribution >= 4 is 5.78 Å². The van der Waals surface area contributed by atoms with Crippen LogP contribution in [0.25, 0.3) is 0 Å². The van der Waals surface area contributed by atoms with Gasteiger partial charge in [-0.25, -0.2) is 0 Å². The molecule has 0 bridgehead atoms. The maximum absolute atomic E-state index is 13.5. The van der Waals surface area contributed by atoms with Gasteiger partial charge in [0.1, 0.15) is 24.7 Å². The molecule has 0 fully saturated rings. The van der Waals surface area contributed by atoms with Crippen molar-refractivity contribution in [3.63, 3.8) is 0 Å². The molecule has 2 aromatic rings. The number of carbonyl (C=O) groups is 1. The van der Waals surface area contributed by atoms with Gasteiger partial charge in [0.2, 0.25) is 0 Å². The molecule has 0 spiro atoms. The Morgan fingerprint density at radius 3 is 2.27 bits per heavy atom. The summed E-state index contributed by atoms with van der Waals surface area (Å²) in [6, 6.07) is 10.9. The zero-order valence-corrected chi connectivity index (χ0v) is 17.6. The normalized spacial score (nSPS) is 10.5. The molecular formula is C25H30O5. The highest BCUT2D eigenvalue weighted by Gasteiger charge is 2.25. The SMILES string of the molecule is C=CCOc1cc(OCC=C)c(C(=O)c2ccccc2)c(CCOCCO)c1CC. The van der Waals surface area contributed by atoms with E-state index in [1.807, 2.05) is 25.1 Å². The van der Waals surface area contributed by atoms with E-state index in [9.17, 15) is 4.79 Å². The van der Waals surface area contributed by atoms with Crippen LogP contribution in [-0.2, 0) is 17.6 Å². The molecule has 0 aliphatic heterocycles. The van der Waals surface area contributed by atoms with Crippen LogP contribution >= 0.6 is 0 Å². The Bertz CT molecular complexity index is 842. The number of ether oxygens (including phenoxy) is 3. The van der Waals surface area contributed by atoms with Gasteiger partial charge in [0, 0.05) is 11.6 Å². The largest absolute Gasteiger partial charge is 0.489 e. The molecule has 0 aromatic heterocycles. The predicted octanol–water partition coefficient (Wildman–Crippen LogP) is 4.16. The summed E-state index contributed by atoms with van der Waals surface area (Å²) in [7, 11) is 0. The van der Waals surface area contributed by atoms with Crippen LogP contribution in [0.5, 0.6) is 11.5 Å². The third-order valence-corrected chi connectivity index (χ3v) is 4.53. The van der Waals surface area contributed by atoms with Gasteiger partial charge in [0.15, 0.2) is 5.78 Å². The average molecular weight is 411 g/mol. The molecule has 5 heteroatoms. The zero-order valence-electron chi connectivity index (χ0n) is 17.6. The van der Waals surface area contributed by atoms with E-state index >= 15 is 0 Å². The smallest absolute Gasteiger partial charge is 0.197 e. The summed E-state index contributed by atoms with van der Waals surface area (Å²) in [4.78, 5) is 13.5. The van der Waals surface area contributed by atoms with Gasteiger partial charge < -0.3 is 19.3 Å². The molecule has 2 rings (SSSR count). The van der Waals surface area contributed by atoms with Crippen molar-refractivity contribution in [3.8, 4) is 11.5 Å². The molecule has 1 N–H and O–H groups in total. The Balaban J connectivity index is 2.63. The lowest BCUT2D eigenvalue weighted by Crippen LogP contribution is -2.15. The first-order valence-electron chi connectivity index (χ1n) is 10.1. The topological polar surface area (TPSA) is 65.0 Å². The van der Waals surface area contributed by atoms with Crippen molar-refractivity contribution in [1.82, 2.24) is 0 Å². The van der Waals surface area contributed by atoms with Gasteiger partial charge in [0.25, 0.3) is 0 Å². The minimum atomic E-state index is -0.114. The number of hydrogen-bond acceptors (Lipinski definition) is 5. The second-order valence-corrected chi connectivity index (χ2v) is 6.54. The molecular weight excluding hydrogens is 380 g/mol.